The Morgan fingerprint density at radius 1 is 1.03 bits per heavy atom. The number of para-hydroxylation sites is 1. The van der Waals surface area contributed by atoms with E-state index in [4.69, 9.17) is 9.15 Å². The summed E-state index contributed by atoms with van der Waals surface area (Å²) in [6, 6.07) is 17.0. The first-order valence-corrected chi connectivity index (χ1v) is 11.0. The second-order valence-corrected chi connectivity index (χ2v) is 8.71. The van der Waals surface area contributed by atoms with Gasteiger partial charge in [0.25, 0.3) is 15.9 Å². The fourth-order valence-corrected chi connectivity index (χ4v) is 4.32. The van der Waals surface area contributed by atoms with Crippen LogP contribution in [0, 0.1) is 12.7 Å². The Kier molecular flexibility index (Phi) is 5.58. The molecule has 4 rings (SSSR count). The first kappa shape index (κ1) is 21.4. The molecule has 164 valence electrons. The summed E-state index contributed by atoms with van der Waals surface area (Å²) in [5, 5.41) is 3.09. The van der Waals surface area contributed by atoms with Crippen LogP contribution in [0.1, 0.15) is 16.1 Å². The van der Waals surface area contributed by atoms with Crippen molar-refractivity contribution in [3.8, 4) is 5.75 Å². The van der Waals surface area contributed by atoms with Gasteiger partial charge in [-0.2, -0.15) is 0 Å². The topological polar surface area (TPSA) is 97.6 Å². The highest BCUT2D eigenvalue weighted by Gasteiger charge is 2.26. The van der Waals surface area contributed by atoms with Crippen LogP contribution in [0.2, 0.25) is 0 Å². The maximum Gasteiger partial charge on any atom is 0.293 e. The van der Waals surface area contributed by atoms with Gasteiger partial charge >= 0.3 is 0 Å². The van der Waals surface area contributed by atoms with Gasteiger partial charge in [0.05, 0.1) is 12.0 Å². The molecule has 2 N–H and O–H groups in total. The molecule has 0 atom stereocenters. The Morgan fingerprint density at radius 2 is 1.81 bits per heavy atom. The van der Waals surface area contributed by atoms with Crippen molar-refractivity contribution in [2.45, 2.75) is 11.8 Å². The minimum Gasteiger partial charge on any atom is -0.494 e. The molecule has 32 heavy (non-hydrogen) atoms. The summed E-state index contributed by atoms with van der Waals surface area (Å²) in [6.07, 6.45) is 0. The minimum atomic E-state index is -4.24. The van der Waals surface area contributed by atoms with Crippen LogP contribution in [0.5, 0.6) is 5.75 Å². The Balaban J connectivity index is 1.74. The summed E-state index contributed by atoms with van der Waals surface area (Å²) in [7, 11) is -2.96. The number of furan rings is 1. The number of carbonyl (C=O) groups excluding carboxylic acids is 1. The number of carbonyl (C=O) groups is 1. The molecule has 3 aromatic carbocycles. The molecule has 9 heteroatoms. The molecule has 0 saturated heterocycles. The van der Waals surface area contributed by atoms with Gasteiger partial charge in [-0.3, -0.25) is 9.52 Å². The molecule has 0 unspecified atom stereocenters. The average Bonchev–Trinajstić information content (AvgIpc) is 3.12. The number of ether oxygens (including phenoxy) is 1. The molecular formula is C23H19FN2O5S. The first-order valence-electron chi connectivity index (χ1n) is 9.54. The van der Waals surface area contributed by atoms with E-state index in [0.29, 0.717) is 16.7 Å². The summed E-state index contributed by atoms with van der Waals surface area (Å²) < 4.78 is 52.9. The van der Waals surface area contributed by atoms with Crippen LogP contribution in [0.25, 0.3) is 11.0 Å². The standard InChI is InChI=1S/C23H19FN2O5S/c1-14-6-5-7-15(12-14)25-23(27)22-21(17-8-3-4-9-19(17)31-22)26-32(28,29)16-10-11-20(30-2)18(24)13-16/h3-13,26H,1-2H3,(H,25,27). The number of halogens is 1. The highest BCUT2D eigenvalue weighted by atomic mass is 32.2. The normalized spacial score (nSPS) is 11.3. The summed E-state index contributed by atoms with van der Waals surface area (Å²) >= 11 is 0. The van der Waals surface area contributed by atoms with Crippen molar-refractivity contribution in [2.75, 3.05) is 17.1 Å². The number of methoxy groups -OCH3 is 1. The molecule has 0 saturated carbocycles. The third-order valence-corrected chi connectivity index (χ3v) is 6.10. The van der Waals surface area contributed by atoms with Crippen molar-refractivity contribution in [3.05, 3.63) is 83.9 Å². The third-order valence-electron chi connectivity index (χ3n) is 4.75. The number of nitrogens with one attached hydrogen (secondary N) is 2. The number of hydrogen-bond acceptors (Lipinski definition) is 5. The van der Waals surface area contributed by atoms with E-state index < -0.39 is 21.7 Å². The lowest BCUT2D eigenvalue weighted by Crippen LogP contribution is -2.18. The minimum absolute atomic E-state index is 0.0398. The molecule has 4 aromatic rings. The van der Waals surface area contributed by atoms with Crippen LogP contribution in [-0.4, -0.2) is 21.4 Å². The van der Waals surface area contributed by atoms with Gasteiger partial charge in [-0.1, -0.05) is 24.3 Å². The average molecular weight is 454 g/mol. The monoisotopic (exact) mass is 454 g/mol. The Hall–Kier alpha value is -3.85. The van der Waals surface area contributed by atoms with Crippen LogP contribution >= 0.6 is 0 Å². The number of amides is 1. The van der Waals surface area contributed by atoms with E-state index in [1.165, 1.54) is 19.2 Å². The summed E-state index contributed by atoms with van der Waals surface area (Å²) in [6.45, 7) is 1.88. The fourth-order valence-electron chi connectivity index (χ4n) is 3.22. The number of rotatable bonds is 6. The van der Waals surface area contributed by atoms with Gasteiger partial charge in [0.15, 0.2) is 11.6 Å². The maximum atomic E-state index is 14.1. The second-order valence-electron chi connectivity index (χ2n) is 7.03. The SMILES string of the molecule is COc1ccc(S(=O)(=O)Nc2c(C(=O)Nc3cccc(C)c3)oc3ccccc23)cc1F. The summed E-state index contributed by atoms with van der Waals surface area (Å²) in [5.41, 5.74) is 1.75. The third kappa shape index (κ3) is 4.15. The summed E-state index contributed by atoms with van der Waals surface area (Å²) in [4.78, 5) is 12.6. The van der Waals surface area contributed by atoms with Gasteiger partial charge in [0, 0.05) is 11.1 Å². The molecule has 0 aliphatic heterocycles. The zero-order valence-electron chi connectivity index (χ0n) is 17.2. The number of sulfonamides is 1. The lowest BCUT2D eigenvalue weighted by atomic mass is 10.2. The number of fused-ring (bicyclic) bond motifs is 1. The van der Waals surface area contributed by atoms with E-state index in [0.717, 1.165) is 11.6 Å². The lowest BCUT2D eigenvalue weighted by Gasteiger charge is -2.10. The second kappa shape index (κ2) is 8.35. The van der Waals surface area contributed by atoms with Crippen LogP contribution in [0.3, 0.4) is 0 Å². The molecule has 1 heterocycles. The Bertz CT molecular complexity index is 1430. The van der Waals surface area contributed by atoms with E-state index in [1.54, 1.807) is 42.5 Å². The molecule has 0 fully saturated rings. The van der Waals surface area contributed by atoms with Crippen molar-refractivity contribution >= 4 is 38.3 Å². The van der Waals surface area contributed by atoms with Crippen LogP contribution in [0.4, 0.5) is 15.8 Å². The van der Waals surface area contributed by atoms with Gasteiger partial charge in [-0.25, -0.2) is 12.8 Å². The van der Waals surface area contributed by atoms with Crippen LogP contribution < -0.4 is 14.8 Å². The molecule has 1 aromatic heterocycles. The van der Waals surface area contributed by atoms with Gasteiger partial charge < -0.3 is 14.5 Å². The highest BCUT2D eigenvalue weighted by Crippen LogP contribution is 2.33. The number of aryl methyl sites for hydroxylation is 1. The van der Waals surface area contributed by atoms with Crippen LogP contribution in [-0.2, 0) is 10.0 Å². The van der Waals surface area contributed by atoms with Crippen molar-refractivity contribution in [1.82, 2.24) is 0 Å². The van der Waals surface area contributed by atoms with E-state index >= 15 is 0 Å². The zero-order valence-corrected chi connectivity index (χ0v) is 18.0. The van der Waals surface area contributed by atoms with E-state index in [9.17, 15) is 17.6 Å². The predicted octanol–water partition coefficient (Wildman–Crippen LogP) is 4.94. The van der Waals surface area contributed by atoms with Gasteiger partial charge in [-0.05, 0) is 55.0 Å². The molecule has 1 amide bonds. The molecule has 0 aliphatic rings. The molecule has 0 spiro atoms. The maximum absolute atomic E-state index is 14.1. The molecule has 0 radical (unpaired) electrons. The Morgan fingerprint density at radius 3 is 2.53 bits per heavy atom. The first-order chi connectivity index (χ1) is 15.3. The number of hydrogen-bond donors (Lipinski definition) is 2. The lowest BCUT2D eigenvalue weighted by molar-refractivity contribution is 0.1000. The van der Waals surface area contributed by atoms with Gasteiger partial charge in [0.2, 0.25) is 5.76 Å². The predicted molar refractivity (Wildman–Crippen MR) is 119 cm³/mol. The smallest absolute Gasteiger partial charge is 0.293 e. The zero-order chi connectivity index (χ0) is 22.9. The highest BCUT2D eigenvalue weighted by molar-refractivity contribution is 7.92. The van der Waals surface area contributed by atoms with E-state index in [2.05, 4.69) is 10.0 Å². The molecule has 0 aliphatic carbocycles. The molecule has 0 bridgehead atoms. The largest absolute Gasteiger partial charge is 0.494 e. The number of anilines is 2. The van der Waals surface area contributed by atoms with Crippen molar-refractivity contribution in [1.29, 1.82) is 0 Å². The quantitative estimate of drug-likeness (QED) is 0.430. The van der Waals surface area contributed by atoms with Crippen molar-refractivity contribution in [3.63, 3.8) is 0 Å². The van der Waals surface area contributed by atoms with Crippen molar-refractivity contribution in [2.24, 2.45) is 0 Å². The van der Waals surface area contributed by atoms with E-state index in [1.807, 2.05) is 13.0 Å². The molecule has 7 nitrogen and oxygen atoms in total. The van der Waals surface area contributed by atoms with Gasteiger partial charge in [0.1, 0.15) is 11.3 Å². The Labute approximate surface area is 183 Å². The fraction of sp³-hybridized carbons (Fsp3) is 0.0870. The number of benzene rings is 3. The summed E-state index contributed by atoms with van der Waals surface area (Å²) in [5.74, 6) is -1.77. The van der Waals surface area contributed by atoms with Crippen molar-refractivity contribution < 1.29 is 26.8 Å². The molecular weight excluding hydrogens is 435 g/mol. The van der Waals surface area contributed by atoms with Crippen LogP contribution in [0.15, 0.2) is 76.0 Å². The van der Waals surface area contributed by atoms with E-state index in [-0.39, 0.29) is 22.1 Å². The van der Waals surface area contributed by atoms with Gasteiger partial charge in [-0.15, -0.1) is 0 Å².